The van der Waals surface area contributed by atoms with Crippen molar-refractivity contribution in [2.24, 2.45) is 0 Å². The monoisotopic (exact) mass is 255 g/mol. The number of nitrogens with two attached hydrogens (primary N) is 1. The Bertz CT molecular complexity index is 459. The summed E-state index contributed by atoms with van der Waals surface area (Å²) in [5.74, 6) is 0.845. The van der Waals surface area contributed by atoms with Crippen LogP contribution in [-0.4, -0.2) is 21.5 Å². The zero-order valence-corrected chi connectivity index (χ0v) is 9.92. The predicted octanol–water partition coefficient (Wildman–Crippen LogP) is 1.82. The maximum Gasteiger partial charge on any atom is 0.150 e. The van der Waals surface area contributed by atoms with E-state index in [0.717, 1.165) is 12.1 Å². The van der Waals surface area contributed by atoms with Gasteiger partial charge < -0.3 is 11.1 Å². The van der Waals surface area contributed by atoms with Gasteiger partial charge in [-0.15, -0.1) is 11.3 Å². The van der Waals surface area contributed by atoms with E-state index in [1.54, 1.807) is 11.3 Å². The average Bonchev–Trinajstić information content (AvgIpc) is 2.77. The van der Waals surface area contributed by atoms with Crippen LogP contribution in [0.3, 0.4) is 0 Å². The Balaban J connectivity index is 1.92. The third kappa shape index (κ3) is 2.59. The third-order valence-electron chi connectivity index (χ3n) is 1.97. The van der Waals surface area contributed by atoms with Gasteiger partial charge in [-0.05, 0) is 0 Å². The van der Waals surface area contributed by atoms with E-state index in [1.165, 1.54) is 6.33 Å². The van der Waals surface area contributed by atoms with E-state index in [-0.39, 0.29) is 5.82 Å². The number of hydrogen-bond acceptors (Lipinski definition) is 6. The summed E-state index contributed by atoms with van der Waals surface area (Å²) in [6.07, 6.45) is 2.20. The second kappa shape index (κ2) is 5.09. The van der Waals surface area contributed by atoms with E-state index in [1.807, 2.05) is 10.9 Å². The topological polar surface area (TPSA) is 76.7 Å². The molecule has 0 atom stereocenters. The lowest BCUT2D eigenvalue weighted by atomic mass is 10.3. The lowest BCUT2D eigenvalue weighted by molar-refractivity contribution is 0.965. The highest BCUT2D eigenvalue weighted by Gasteiger charge is 2.05. The number of rotatable bonds is 4. The molecule has 0 aromatic carbocycles. The quantitative estimate of drug-likeness (QED) is 0.872. The highest BCUT2D eigenvalue weighted by molar-refractivity contribution is 7.07. The number of nitrogen functional groups attached to an aromatic ring is 1. The SMILES string of the molecule is Nc1ncnc(NCCc2cscn2)c1Cl. The van der Waals surface area contributed by atoms with Crippen molar-refractivity contribution in [3.05, 3.63) is 27.9 Å². The van der Waals surface area contributed by atoms with E-state index in [4.69, 9.17) is 17.3 Å². The summed E-state index contributed by atoms with van der Waals surface area (Å²) in [4.78, 5) is 12.0. The minimum Gasteiger partial charge on any atom is -0.382 e. The second-order valence-electron chi connectivity index (χ2n) is 3.08. The number of anilines is 2. The third-order valence-corrected chi connectivity index (χ3v) is 2.98. The van der Waals surface area contributed by atoms with Gasteiger partial charge in [-0.1, -0.05) is 11.6 Å². The van der Waals surface area contributed by atoms with Gasteiger partial charge in [-0.3, -0.25) is 0 Å². The first-order valence-electron chi connectivity index (χ1n) is 4.64. The van der Waals surface area contributed by atoms with Gasteiger partial charge in [0.2, 0.25) is 0 Å². The Hall–Kier alpha value is -1.40. The molecule has 2 rings (SSSR count). The van der Waals surface area contributed by atoms with Crippen molar-refractivity contribution in [3.63, 3.8) is 0 Å². The maximum absolute atomic E-state index is 5.93. The Kier molecular flexibility index (Phi) is 3.53. The second-order valence-corrected chi connectivity index (χ2v) is 4.17. The van der Waals surface area contributed by atoms with E-state index in [0.29, 0.717) is 17.4 Å². The molecule has 16 heavy (non-hydrogen) atoms. The molecule has 0 aliphatic rings. The highest BCUT2D eigenvalue weighted by Crippen LogP contribution is 2.22. The molecule has 2 heterocycles. The molecule has 84 valence electrons. The van der Waals surface area contributed by atoms with Crippen LogP contribution in [0.4, 0.5) is 11.6 Å². The Morgan fingerprint density at radius 3 is 3.00 bits per heavy atom. The van der Waals surface area contributed by atoms with Gasteiger partial charge in [-0.2, -0.15) is 0 Å². The van der Waals surface area contributed by atoms with Gasteiger partial charge >= 0.3 is 0 Å². The summed E-state index contributed by atoms with van der Waals surface area (Å²) in [6, 6.07) is 0. The van der Waals surface area contributed by atoms with Crippen LogP contribution in [-0.2, 0) is 6.42 Å². The van der Waals surface area contributed by atoms with Crippen LogP contribution in [0.25, 0.3) is 0 Å². The molecular formula is C9H10ClN5S. The molecule has 0 saturated heterocycles. The number of nitrogens with one attached hydrogen (secondary N) is 1. The molecule has 0 bridgehead atoms. The first kappa shape index (κ1) is 11.1. The zero-order chi connectivity index (χ0) is 11.4. The number of halogens is 1. The van der Waals surface area contributed by atoms with Crippen molar-refractivity contribution in [2.75, 3.05) is 17.6 Å². The molecule has 0 radical (unpaired) electrons. The summed E-state index contributed by atoms with van der Waals surface area (Å²) >= 11 is 7.51. The van der Waals surface area contributed by atoms with Crippen LogP contribution < -0.4 is 11.1 Å². The highest BCUT2D eigenvalue weighted by atomic mass is 35.5. The van der Waals surface area contributed by atoms with E-state index < -0.39 is 0 Å². The first-order valence-corrected chi connectivity index (χ1v) is 5.96. The number of thiazole rings is 1. The van der Waals surface area contributed by atoms with Crippen LogP contribution in [0.1, 0.15) is 5.69 Å². The summed E-state index contributed by atoms with van der Waals surface area (Å²) in [7, 11) is 0. The van der Waals surface area contributed by atoms with Crippen molar-refractivity contribution in [3.8, 4) is 0 Å². The molecule has 7 heteroatoms. The molecule has 2 aromatic heterocycles. The molecule has 0 fully saturated rings. The lowest BCUT2D eigenvalue weighted by Gasteiger charge is -2.06. The Morgan fingerprint density at radius 2 is 2.25 bits per heavy atom. The first-order chi connectivity index (χ1) is 7.77. The molecule has 0 aliphatic heterocycles. The molecule has 0 unspecified atom stereocenters. The predicted molar refractivity (Wildman–Crippen MR) is 65.8 cm³/mol. The molecule has 0 spiro atoms. The Labute approximate surface area is 102 Å². The molecule has 0 saturated carbocycles. The smallest absolute Gasteiger partial charge is 0.150 e. The van der Waals surface area contributed by atoms with Crippen LogP contribution >= 0.6 is 22.9 Å². The van der Waals surface area contributed by atoms with Crippen LogP contribution in [0.5, 0.6) is 0 Å². The number of nitrogens with zero attached hydrogens (tertiary/aromatic N) is 3. The van der Waals surface area contributed by atoms with Crippen molar-refractivity contribution in [1.29, 1.82) is 0 Å². The fourth-order valence-electron chi connectivity index (χ4n) is 1.18. The Morgan fingerprint density at radius 1 is 1.38 bits per heavy atom. The summed E-state index contributed by atoms with van der Waals surface area (Å²) in [5, 5.41) is 5.47. The molecular weight excluding hydrogens is 246 g/mol. The summed E-state index contributed by atoms with van der Waals surface area (Å²) < 4.78 is 0. The number of aromatic nitrogens is 3. The molecule has 0 amide bonds. The maximum atomic E-state index is 5.93. The summed E-state index contributed by atoms with van der Waals surface area (Å²) in [5.41, 5.74) is 8.42. The fourth-order valence-corrected chi connectivity index (χ4v) is 1.93. The molecule has 5 nitrogen and oxygen atoms in total. The molecule has 0 aliphatic carbocycles. The fraction of sp³-hybridized carbons (Fsp3) is 0.222. The van der Waals surface area contributed by atoms with Crippen LogP contribution in [0.2, 0.25) is 5.02 Å². The lowest BCUT2D eigenvalue weighted by Crippen LogP contribution is -2.08. The van der Waals surface area contributed by atoms with E-state index in [9.17, 15) is 0 Å². The number of hydrogen-bond donors (Lipinski definition) is 2. The minimum atomic E-state index is 0.285. The van der Waals surface area contributed by atoms with Crippen molar-refractivity contribution in [2.45, 2.75) is 6.42 Å². The van der Waals surface area contributed by atoms with Gasteiger partial charge in [0.05, 0.1) is 11.2 Å². The summed E-state index contributed by atoms with van der Waals surface area (Å²) in [6.45, 7) is 0.708. The standard InChI is InChI=1S/C9H10ClN5S/c10-7-8(11)13-4-14-9(7)12-2-1-6-3-16-5-15-6/h3-5H,1-2H2,(H3,11,12,13,14). The van der Waals surface area contributed by atoms with Crippen molar-refractivity contribution in [1.82, 2.24) is 15.0 Å². The van der Waals surface area contributed by atoms with Gasteiger partial charge in [0.15, 0.2) is 0 Å². The van der Waals surface area contributed by atoms with E-state index in [2.05, 4.69) is 20.3 Å². The van der Waals surface area contributed by atoms with Gasteiger partial charge in [0.25, 0.3) is 0 Å². The van der Waals surface area contributed by atoms with Crippen molar-refractivity contribution < 1.29 is 0 Å². The van der Waals surface area contributed by atoms with Gasteiger partial charge in [-0.25, -0.2) is 15.0 Å². The van der Waals surface area contributed by atoms with Gasteiger partial charge in [0.1, 0.15) is 23.0 Å². The molecule has 3 N–H and O–H groups in total. The largest absolute Gasteiger partial charge is 0.382 e. The zero-order valence-electron chi connectivity index (χ0n) is 8.35. The normalized spacial score (nSPS) is 10.3. The van der Waals surface area contributed by atoms with Crippen molar-refractivity contribution >= 4 is 34.6 Å². The van der Waals surface area contributed by atoms with Crippen LogP contribution in [0.15, 0.2) is 17.2 Å². The molecule has 2 aromatic rings. The average molecular weight is 256 g/mol. The minimum absolute atomic E-state index is 0.285. The van der Waals surface area contributed by atoms with Crippen LogP contribution in [0, 0.1) is 0 Å². The van der Waals surface area contributed by atoms with E-state index >= 15 is 0 Å². The van der Waals surface area contributed by atoms with Gasteiger partial charge in [0, 0.05) is 18.3 Å².